The molecule has 1 heterocycles. The van der Waals surface area contributed by atoms with E-state index >= 15 is 0 Å². The van der Waals surface area contributed by atoms with Gasteiger partial charge in [-0.3, -0.25) is 4.68 Å². The summed E-state index contributed by atoms with van der Waals surface area (Å²) in [6.45, 7) is 6.46. The van der Waals surface area contributed by atoms with Crippen LogP contribution in [0.3, 0.4) is 0 Å². The summed E-state index contributed by atoms with van der Waals surface area (Å²) in [4.78, 5) is 0. The van der Waals surface area contributed by atoms with Gasteiger partial charge in [-0.25, -0.2) is 0 Å². The summed E-state index contributed by atoms with van der Waals surface area (Å²) in [7, 11) is 2.06. The second-order valence-corrected chi connectivity index (χ2v) is 6.43. The van der Waals surface area contributed by atoms with Gasteiger partial charge < -0.3 is 5.32 Å². The summed E-state index contributed by atoms with van der Waals surface area (Å²) >= 11 is 3.70. The molecule has 1 fully saturated rings. The molecule has 1 saturated carbocycles. The molecule has 4 heteroatoms. The third-order valence-electron chi connectivity index (χ3n) is 4.22. The highest BCUT2D eigenvalue weighted by Gasteiger charge is 2.35. The molecule has 0 unspecified atom stereocenters. The molecule has 1 aliphatic carbocycles. The molecule has 0 saturated heterocycles. The Hall–Kier alpha value is -0.350. The first-order chi connectivity index (χ1) is 8.58. The summed E-state index contributed by atoms with van der Waals surface area (Å²) in [5.74, 6) is 0. The van der Waals surface area contributed by atoms with Crippen molar-refractivity contribution in [3.8, 4) is 0 Å². The van der Waals surface area contributed by atoms with E-state index in [0.717, 1.165) is 25.2 Å². The summed E-state index contributed by atoms with van der Waals surface area (Å²) in [6.07, 6.45) is 6.57. The molecular formula is C14H24BrN3. The first-order valence-corrected chi connectivity index (χ1v) is 7.76. The quantitative estimate of drug-likeness (QED) is 0.904. The minimum Gasteiger partial charge on any atom is -0.316 e. The number of nitrogens with one attached hydrogen (secondary N) is 1. The predicted octanol–water partition coefficient (Wildman–Crippen LogP) is 3.20. The van der Waals surface area contributed by atoms with Gasteiger partial charge in [-0.15, -0.1) is 0 Å². The lowest BCUT2D eigenvalue weighted by atomic mass is 9.81. The Morgan fingerprint density at radius 2 is 2.06 bits per heavy atom. The van der Waals surface area contributed by atoms with Gasteiger partial charge in [-0.05, 0) is 54.1 Å². The van der Waals surface area contributed by atoms with E-state index in [1.807, 2.05) is 4.68 Å². The van der Waals surface area contributed by atoms with Crippen LogP contribution in [0.15, 0.2) is 4.47 Å². The third-order valence-corrected chi connectivity index (χ3v) is 5.25. The van der Waals surface area contributed by atoms with Crippen LogP contribution in [-0.4, -0.2) is 22.9 Å². The van der Waals surface area contributed by atoms with Crippen molar-refractivity contribution in [3.05, 3.63) is 15.9 Å². The number of hydrogen-bond acceptors (Lipinski definition) is 2. The maximum Gasteiger partial charge on any atom is 0.0738 e. The number of nitrogens with zero attached hydrogens (tertiary/aromatic N) is 2. The SMILES string of the molecule is CCNCC1(Cc2c(Br)c(C)nn2C)CCCC1. The van der Waals surface area contributed by atoms with Crippen LogP contribution in [0.4, 0.5) is 0 Å². The number of rotatable bonds is 5. The number of halogens is 1. The second kappa shape index (κ2) is 5.74. The smallest absolute Gasteiger partial charge is 0.0738 e. The van der Waals surface area contributed by atoms with Crippen molar-refractivity contribution in [2.45, 2.75) is 46.0 Å². The van der Waals surface area contributed by atoms with E-state index in [1.165, 1.54) is 35.8 Å². The first-order valence-electron chi connectivity index (χ1n) is 6.97. The Bertz CT molecular complexity index is 405. The van der Waals surface area contributed by atoms with E-state index in [0.29, 0.717) is 5.41 Å². The minimum absolute atomic E-state index is 0.443. The maximum atomic E-state index is 4.51. The van der Waals surface area contributed by atoms with Crippen LogP contribution in [0.5, 0.6) is 0 Å². The zero-order valence-electron chi connectivity index (χ0n) is 11.7. The number of aryl methyl sites for hydroxylation is 2. The molecule has 1 aromatic rings. The van der Waals surface area contributed by atoms with Crippen molar-refractivity contribution >= 4 is 15.9 Å². The standard InChI is InChI=1S/C14H24BrN3/c1-4-16-10-14(7-5-6-8-14)9-12-13(15)11(2)17-18(12)3/h16H,4-10H2,1-3H3. The Morgan fingerprint density at radius 3 is 2.56 bits per heavy atom. The average Bonchev–Trinajstić information content (AvgIpc) is 2.89. The van der Waals surface area contributed by atoms with Gasteiger partial charge >= 0.3 is 0 Å². The van der Waals surface area contributed by atoms with Crippen molar-refractivity contribution in [2.75, 3.05) is 13.1 Å². The Balaban J connectivity index is 2.18. The molecule has 102 valence electrons. The van der Waals surface area contributed by atoms with Gasteiger partial charge in [-0.1, -0.05) is 19.8 Å². The maximum absolute atomic E-state index is 4.51. The van der Waals surface area contributed by atoms with E-state index in [-0.39, 0.29) is 0 Å². The zero-order chi connectivity index (χ0) is 13.2. The summed E-state index contributed by atoms with van der Waals surface area (Å²) in [6, 6.07) is 0. The molecule has 0 radical (unpaired) electrons. The van der Waals surface area contributed by atoms with Gasteiger partial charge in [0.1, 0.15) is 0 Å². The fourth-order valence-corrected chi connectivity index (χ4v) is 3.63. The molecule has 0 bridgehead atoms. The molecule has 1 aromatic heterocycles. The second-order valence-electron chi connectivity index (χ2n) is 5.63. The highest BCUT2D eigenvalue weighted by molar-refractivity contribution is 9.10. The molecule has 0 amide bonds. The van der Waals surface area contributed by atoms with Crippen molar-refractivity contribution < 1.29 is 0 Å². The Labute approximate surface area is 118 Å². The third kappa shape index (κ3) is 2.80. The summed E-state index contributed by atoms with van der Waals surface area (Å²) < 4.78 is 3.25. The molecular weight excluding hydrogens is 290 g/mol. The van der Waals surface area contributed by atoms with Gasteiger partial charge in [0, 0.05) is 13.6 Å². The molecule has 0 atom stereocenters. The number of hydrogen-bond donors (Lipinski definition) is 1. The van der Waals surface area contributed by atoms with Crippen LogP contribution < -0.4 is 5.32 Å². The largest absolute Gasteiger partial charge is 0.316 e. The van der Waals surface area contributed by atoms with Gasteiger partial charge in [0.15, 0.2) is 0 Å². The molecule has 0 spiro atoms. The Kier molecular flexibility index (Phi) is 4.49. The van der Waals surface area contributed by atoms with Crippen molar-refractivity contribution in [1.82, 2.24) is 15.1 Å². The summed E-state index contributed by atoms with van der Waals surface area (Å²) in [5, 5.41) is 8.07. The Morgan fingerprint density at radius 1 is 1.39 bits per heavy atom. The topological polar surface area (TPSA) is 29.9 Å². The monoisotopic (exact) mass is 313 g/mol. The van der Waals surface area contributed by atoms with Crippen LogP contribution >= 0.6 is 15.9 Å². The van der Waals surface area contributed by atoms with E-state index in [9.17, 15) is 0 Å². The highest BCUT2D eigenvalue weighted by atomic mass is 79.9. The normalized spacial score (nSPS) is 18.4. The zero-order valence-corrected chi connectivity index (χ0v) is 13.3. The van der Waals surface area contributed by atoms with Crippen LogP contribution in [0, 0.1) is 12.3 Å². The van der Waals surface area contributed by atoms with Crippen molar-refractivity contribution in [1.29, 1.82) is 0 Å². The fourth-order valence-electron chi connectivity index (χ4n) is 3.16. The number of aromatic nitrogens is 2. The molecule has 1 aliphatic rings. The van der Waals surface area contributed by atoms with Crippen LogP contribution in [0.25, 0.3) is 0 Å². The summed E-state index contributed by atoms with van der Waals surface area (Å²) in [5.41, 5.74) is 2.90. The van der Waals surface area contributed by atoms with Crippen molar-refractivity contribution in [2.24, 2.45) is 12.5 Å². The van der Waals surface area contributed by atoms with Gasteiger partial charge in [0.2, 0.25) is 0 Å². The lowest BCUT2D eigenvalue weighted by molar-refractivity contribution is 0.273. The fraction of sp³-hybridized carbons (Fsp3) is 0.786. The van der Waals surface area contributed by atoms with E-state index in [1.54, 1.807) is 0 Å². The molecule has 0 aromatic carbocycles. The molecule has 1 N–H and O–H groups in total. The molecule has 2 rings (SSSR count). The molecule has 18 heavy (non-hydrogen) atoms. The minimum atomic E-state index is 0.443. The molecule has 0 aliphatic heterocycles. The van der Waals surface area contributed by atoms with Gasteiger partial charge in [0.05, 0.1) is 15.9 Å². The lowest BCUT2D eigenvalue weighted by Gasteiger charge is -2.29. The van der Waals surface area contributed by atoms with E-state index in [2.05, 4.69) is 47.2 Å². The first kappa shape index (κ1) is 14.1. The van der Waals surface area contributed by atoms with Crippen LogP contribution in [0.1, 0.15) is 44.0 Å². The van der Waals surface area contributed by atoms with Crippen LogP contribution in [0.2, 0.25) is 0 Å². The van der Waals surface area contributed by atoms with Gasteiger partial charge in [0.25, 0.3) is 0 Å². The lowest BCUT2D eigenvalue weighted by Crippen LogP contribution is -2.34. The molecule has 3 nitrogen and oxygen atoms in total. The van der Waals surface area contributed by atoms with Crippen LogP contribution in [-0.2, 0) is 13.5 Å². The van der Waals surface area contributed by atoms with E-state index in [4.69, 9.17) is 0 Å². The predicted molar refractivity (Wildman–Crippen MR) is 78.8 cm³/mol. The average molecular weight is 314 g/mol. The van der Waals surface area contributed by atoms with E-state index < -0.39 is 0 Å². The van der Waals surface area contributed by atoms with Crippen molar-refractivity contribution in [3.63, 3.8) is 0 Å². The highest BCUT2D eigenvalue weighted by Crippen LogP contribution is 2.41. The van der Waals surface area contributed by atoms with Gasteiger partial charge in [-0.2, -0.15) is 5.10 Å².